The van der Waals surface area contributed by atoms with Gasteiger partial charge in [-0.15, -0.1) is 0 Å². The Hall–Kier alpha value is -0.160. The number of rotatable bonds is 0. The second-order valence-corrected chi connectivity index (χ2v) is 5.75. The average molecular weight is 222 g/mol. The maximum absolute atomic E-state index is 3.74. The fraction of sp³-hybridized carbons (Fsp3) is 1.00. The first-order valence-electron chi connectivity index (χ1n) is 6.88. The van der Waals surface area contributed by atoms with Crippen molar-refractivity contribution in [2.45, 2.75) is 37.0 Å². The molecule has 0 saturated carbocycles. The molecule has 4 atom stereocenters. The predicted octanol–water partition coefficient (Wildman–Crippen LogP) is -0.921. The summed E-state index contributed by atoms with van der Waals surface area (Å²) < 4.78 is 0. The van der Waals surface area contributed by atoms with Gasteiger partial charge in [0, 0.05) is 63.4 Å². The van der Waals surface area contributed by atoms with Crippen LogP contribution in [0.25, 0.3) is 0 Å². The second-order valence-electron chi connectivity index (χ2n) is 5.75. The minimum absolute atomic E-state index is 0.762. The monoisotopic (exact) mass is 222 g/mol. The number of nitrogens with one attached hydrogen (secondary N) is 2. The molecule has 4 aliphatic rings. The minimum atomic E-state index is 0.762. The van der Waals surface area contributed by atoms with Crippen molar-refractivity contribution in [3.63, 3.8) is 0 Å². The van der Waals surface area contributed by atoms with Crippen molar-refractivity contribution in [3.8, 4) is 0 Å². The van der Waals surface area contributed by atoms with Gasteiger partial charge in [-0.05, 0) is 12.8 Å². The van der Waals surface area contributed by atoms with Crippen LogP contribution in [0.5, 0.6) is 0 Å². The molecule has 0 aromatic rings. The van der Waals surface area contributed by atoms with E-state index in [1.165, 1.54) is 52.1 Å². The molecule has 4 aliphatic heterocycles. The van der Waals surface area contributed by atoms with Crippen molar-refractivity contribution in [1.82, 2.24) is 20.4 Å². The molecule has 0 amide bonds. The van der Waals surface area contributed by atoms with Crippen LogP contribution in [-0.4, -0.2) is 73.2 Å². The molecule has 0 aliphatic carbocycles. The van der Waals surface area contributed by atoms with Gasteiger partial charge >= 0.3 is 0 Å². The quantitative estimate of drug-likeness (QED) is 0.555. The molecule has 90 valence electrons. The maximum Gasteiger partial charge on any atom is 0.0421 e. The molecule has 4 saturated heterocycles. The highest BCUT2D eigenvalue weighted by Gasteiger charge is 2.49. The summed E-state index contributed by atoms with van der Waals surface area (Å²) in [5.74, 6) is 0. The van der Waals surface area contributed by atoms with Gasteiger partial charge in [-0.1, -0.05) is 0 Å². The smallest absolute Gasteiger partial charge is 0.0421 e. The zero-order chi connectivity index (χ0) is 10.5. The maximum atomic E-state index is 3.74. The molecule has 0 bridgehead atoms. The van der Waals surface area contributed by atoms with E-state index in [4.69, 9.17) is 0 Å². The van der Waals surface area contributed by atoms with E-state index in [1.807, 2.05) is 0 Å². The van der Waals surface area contributed by atoms with Gasteiger partial charge in [0.1, 0.15) is 0 Å². The van der Waals surface area contributed by atoms with Crippen molar-refractivity contribution in [2.75, 3.05) is 39.3 Å². The summed E-state index contributed by atoms with van der Waals surface area (Å²) in [6.45, 7) is 7.55. The Morgan fingerprint density at radius 3 is 1.69 bits per heavy atom. The Kier molecular flexibility index (Phi) is 2.25. The number of nitrogens with zero attached hydrogens (tertiary/aromatic N) is 2. The highest BCUT2D eigenvalue weighted by atomic mass is 15.4. The highest BCUT2D eigenvalue weighted by molar-refractivity contribution is 5.10. The van der Waals surface area contributed by atoms with Gasteiger partial charge < -0.3 is 10.6 Å². The van der Waals surface area contributed by atoms with Crippen LogP contribution in [0.15, 0.2) is 0 Å². The zero-order valence-electron chi connectivity index (χ0n) is 9.86. The van der Waals surface area contributed by atoms with Crippen molar-refractivity contribution in [3.05, 3.63) is 0 Å². The summed E-state index contributed by atoms with van der Waals surface area (Å²) in [7, 11) is 0. The molecule has 4 heteroatoms. The van der Waals surface area contributed by atoms with E-state index in [0.717, 1.165) is 24.2 Å². The Morgan fingerprint density at radius 1 is 0.688 bits per heavy atom. The van der Waals surface area contributed by atoms with Crippen LogP contribution in [0.2, 0.25) is 0 Å². The molecule has 0 radical (unpaired) electrons. The molecule has 4 heterocycles. The van der Waals surface area contributed by atoms with Crippen LogP contribution in [-0.2, 0) is 0 Å². The second kappa shape index (κ2) is 3.67. The van der Waals surface area contributed by atoms with Gasteiger partial charge in [0.25, 0.3) is 0 Å². The largest absolute Gasteiger partial charge is 0.311 e. The lowest BCUT2D eigenvalue weighted by atomic mass is 9.79. The van der Waals surface area contributed by atoms with Crippen molar-refractivity contribution in [2.24, 2.45) is 0 Å². The molecule has 2 N–H and O–H groups in total. The SMILES string of the molecule is C1CN2CCC3NCCN4CCC(N1)C2C34. The van der Waals surface area contributed by atoms with E-state index in [9.17, 15) is 0 Å². The van der Waals surface area contributed by atoms with Crippen molar-refractivity contribution in [1.29, 1.82) is 0 Å². The topological polar surface area (TPSA) is 30.5 Å². The van der Waals surface area contributed by atoms with E-state index >= 15 is 0 Å². The lowest BCUT2D eigenvalue weighted by Gasteiger charge is -2.59. The summed E-state index contributed by atoms with van der Waals surface area (Å²) in [4.78, 5) is 5.50. The van der Waals surface area contributed by atoms with Crippen LogP contribution in [0, 0.1) is 0 Å². The first-order chi connectivity index (χ1) is 7.93. The summed E-state index contributed by atoms with van der Waals surface area (Å²) in [5, 5.41) is 7.49. The molecule has 0 spiro atoms. The van der Waals surface area contributed by atoms with Crippen molar-refractivity contribution < 1.29 is 0 Å². The highest BCUT2D eigenvalue weighted by Crippen LogP contribution is 2.33. The van der Waals surface area contributed by atoms with Crippen molar-refractivity contribution >= 4 is 0 Å². The molecule has 4 unspecified atom stereocenters. The van der Waals surface area contributed by atoms with Crippen LogP contribution < -0.4 is 10.6 Å². The van der Waals surface area contributed by atoms with E-state index in [-0.39, 0.29) is 0 Å². The number of hydrogen-bond acceptors (Lipinski definition) is 4. The van der Waals surface area contributed by atoms with Crippen LogP contribution >= 0.6 is 0 Å². The molecule has 4 nitrogen and oxygen atoms in total. The van der Waals surface area contributed by atoms with Gasteiger partial charge in [-0.2, -0.15) is 0 Å². The summed E-state index contributed by atoms with van der Waals surface area (Å²) in [5.41, 5.74) is 0. The lowest BCUT2D eigenvalue weighted by molar-refractivity contribution is -0.0610. The van der Waals surface area contributed by atoms with Gasteiger partial charge in [-0.25, -0.2) is 0 Å². The Labute approximate surface area is 97.3 Å². The molecule has 4 fully saturated rings. The lowest BCUT2D eigenvalue weighted by Crippen LogP contribution is -2.77. The zero-order valence-corrected chi connectivity index (χ0v) is 9.86. The fourth-order valence-electron chi connectivity index (χ4n) is 4.42. The van der Waals surface area contributed by atoms with Gasteiger partial charge in [0.2, 0.25) is 0 Å². The average Bonchev–Trinajstić information content (AvgIpc) is 2.36. The normalized spacial score (nSPS) is 48.8. The first kappa shape index (κ1) is 9.83. The summed E-state index contributed by atoms with van der Waals surface area (Å²) in [6, 6.07) is 3.10. The third kappa shape index (κ3) is 1.30. The van der Waals surface area contributed by atoms with Crippen LogP contribution in [0.1, 0.15) is 12.8 Å². The van der Waals surface area contributed by atoms with E-state index < -0.39 is 0 Å². The molecular weight excluding hydrogens is 200 g/mol. The molecule has 0 aromatic carbocycles. The molecule has 0 aromatic heterocycles. The minimum Gasteiger partial charge on any atom is -0.311 e. The summed E-state index contributed by atoms with van der Waals surface area (Å²) >= 11 is 0. The predicted molar refractivity (Wildman–Crippen MR) is 63.5 cm³/mol. The van der Waals surface area contributed by atoms with Crippen LogP contribution in [0.3, 0.4) is 0 Å². The summed E-state index contributed by atoms with van der Waals surface area (Å²) in [6.07, 6.45) is 2.70. The van der Waals surface area contributed by atoms with Crippen LogP contribution in [0.4, 0.5) is 0 Å². The van der Waals surface area contributed by atoms with Gasteiger partial charge in [0.05, 0.1) is 0 Å². The molecule has 16 heavy (non-hydrogen) atoms. The Balaban J connectivity index is 1.67. The Bertz CT molecular complexity index is 230. The number of hydrogen-bond donors (Lipinski definition) is 2. The Morgan fingerprint density at radius 2 is 1.19 bits per heavy atom. The van der Waals surface area contributed by atoms with E-state index in [0.29, 0.717) is 0 Å². The fourth-order valence-corrected chi connectivity index (χ4v) is 4.42. The number of piperazine rings is 2. The van der Waals surface area contributed by atoms with E-state index in [1.54, 1.807) is 0 Å². The number of piperidine rings is 2. The molecular formula is C12H22N4. The molecule has 4 rings (SSSR count). The third-order valence-corrected chi connectivity index (χ3v) is 5.08. The van der Waals surface area contributed by atoms with Gasteiger partial charge in [0.15, 0.2) is 0 Å². The third-order valence-electron chi connectivity index (χ3n) is 5.08. The van der Waals surface area contributed by atoms with Gasteiger partial charge in [-0.3, -0.25) is 9.80 Å². The van der Waals surface area contributed by atoms with E-state index in [2.05, 4.69) is 20.4 Å². The first-order valence-corrected chi connectivity index (χ1v) is 6.88. The standard InChI is InChI=1S/C12H22N4/c1-5-15-7-4-14-10-2-6-16-8-3-13-9(1)11(16)12(10)15/h9-14H,1-8H2.